The van der Waals surface area contributed by atoms with E-state index >= 15 is 0 Å². The lowest BCUT2D eigenvalue weighted by molar-refractivity contribution is 0.0724. The van der Waals surface area contributed by atoms with Crippen LogP contribution in [0.4, 0.5) is 0 Å². The van der Waals surface area contributed by atoms with Crippen LogP contribution in [-0.2, 0) is 6.42 Å². The van der Waals surface area contributed by atoms with Crippen LogP contribution in [0.1, 0.15) is 49.2 Å². The molecule has 6 heteroatoms. The molecule has 0 unspecified atom stereocenters. The van der Waals surface area contributed by atoms with Gasteiger partial charge in [-0.15, -0.1) is 11.3 Å². The lowest BCUT2D eigenvalue weighted by Gasteiger charge is -2.27. The Bertz CT molecular complexity index is 1060. The minimum atomic E-state index is 0.00975. The lowest BCUT2D eigenvalue weighted by Crippen LogP contribution is -2.35. The maximum atomic E-state index is 12.9. The quantitative estimate of drug-likeness (QED) is 0.382. The Balaban J connectivity index is 1.61. The van der Waals surface area contributed by atoms with Crippen molar-refractivity contribution in [2.75, 3.05) is 13.1 Å². The number of nitrogens with zero attached hydrogens (tertiary/aromatic N) is 2. The molecular formula is C25H26Cl2N2OS. The maximum Gasteiger partial charge on any atom is 0.253 e. The predicted molar refractivity (Wildman–Crippen MR) is 131 cm³/mol. The first kappa shape index (κ1) is 22.3. The summed E-state index contributed by atoms with van der Waals surface area (Å²) in [6.07, 6.45) is 6.11. The van der Waals surface area contributed by atoms with Crippen LogP contribution in [0.25, 0.3) is 21.6 Å². The van der Waals surface area contributed by atoms with Gasteiger partial charge >= 0.3 is 0 Å². The molecular weight excluding hydrogens is 447 g/mol. The number of pyridine rings is 1. The number of benzene rings is 1. The van der Waals surface area contributed by atoms with Gasteiger partial charge in [0.1, 0.15) is 0 Å². The Hall–Kier alpha value is -1.88. The highest BCUT2D eigenvalue weighted by atomic mass is 35.5. The zero-order valence-corrected chi connectivity index (χ0v) is 20.2. The van der Waals surface area contributed by atoms with Crippen molar-refractivity contribution in [2.45, 2.75) is 39.5 Å². The maximum absolute atomic E-state index is 12.9. The zero-order chi connectivity index (χ0) is 22.0. The number of rotatable bonds is 5. The minimum Gasteiger partial charge on any atom is -0.339 e. The molecule has 1 aliphatic rings. The molecule has 0 atom stereocenters. The van der Waals surface area contributed by atoms with E-state index < -0.39 is 0 Å². The van der Waals surface area contributed by atoms with Crippen LogP contribution in [0.15, 0.2) is 41.9 Å². The first-order valence-corrected chi connectivity index (χ1v) is 12.4. The molecule has 0 radical (unpaired) electrons. The van der Waals surface area contributed by atoms with Crippen LogP contribution >= 0.6 is 34.5 Å². The number of hydrogen-bond donors (Lipinski definition) is 0. The van der Waals surface area contributed by atoms with Gasteiger partial charge in [0.15, 0.2) is 0 Å². The average molecular weight is 473 g/mol. The number of piperidine rings is 1. The first-order valence-electron chi connectivity index (χ1n) is 10.7. The summed E-state index contributed by atoms with van der Waals surface area (Å²) in [7, 11) is 0. The smallest absolute Gasteiger partial charge is 0.253 e. The number of hydrogen-bond acceptors (Lipinski definition) is 3. The largest absolute Gasteiger partial charge is 0.339 e. The zero-order valence-electron chi connectivity index (χ0n) is 17.8. The van der Waals surface area contributed by atoms with Gasteiger partial charge in [-0.05, 0) is 78.4 Å². The van der Waals surface area contributed by atoms with Crippen molar-refractivity contribution in [3.05, 3.63) is 63.2 Å². The second-order valence-corrected chi connectivity index (χ2v) is 10.2. The van der Waals surface area contributed by atoms with E-state index in [0.717, 1.165) is 59.6 Å². The number of carbonyl (C=O) groups excluding carboxylic acids is 1. The second-order valence-electron chi connectivity index (χ2n) is 8.50. The van der Waals surface area contributed by atoms with E-state index in [1.807, 2.05) is 17.2 Å². The van der Waals surface area contributed by atoms with Gasteiger partial charge < -0.3 is 4.90 Å². The van der Waals surface area contributed by atoms with Gasteiger partial charge in [0.2, 0.25) is 0 Å². The molecule has 4 rings (SSSR count). The summed E-state index contributed by atoms with van der Waals surface area (Å²) in [5.41, 5.74) is 4.54. The normalized spacial score (nSPS) is 14.3. The van der Waals surface area contributed by atoms with Crippen molar-refractivity contribution in [3.63, 3.8) is 0 Å². The Morgan fingerprint density at radius 3 is 2.45 bits per heavy atom. The van der Waals surface area contributed by atoms with Crippen molar-refractivity contribution in [3.8, 4) is 21.6 Å². The van der Waals surface area contributed by atoms with Crippen LogP contribution in [-0.4, -0.2) is 28.9 Å². The van der Waals surface area contributed by atoms with Crippen LogP contribution in [0.5, 0.6) is 0 Å². The summed E-state index contributed by atoms with van der Waals surface area (Å²) in [6.45, 7) is 5.99. The molecule has 1 fully saturated rings. The Labute approximate surface area is 198 Å². The fraction of sp³-hybridized carbons (Fsp3) is 0.360. The minimum absolute atomic E-state index is 0.00975. The summed E-state index contributed by atoms with van der Waals surface area (Å²) in [6, 6.07) is 9.80. The standard InChI is InChI=1S/C25H26Cl2N2OS/c1-16(2)10-20-11-17(6-7-28-20)23-14-19(15-31-23)24-21(26)12-18(13-22(24)27)25(30)29-8-4-3-5-9-29/h6-7,11-16H,3-5,8-10H2,1-2H3. The van der Waals surface area contributed by atoms with Gasteiger partial charge in [-0.1, -0.05) is 37.0 Å². The number of thiophene rings is 1. The van der Waals surface area contributed by atoms with Crippen molar-refractivity contribution in [1.29, 1.82) is 0 Å². The fourth-order valence-corrected chi connectivity index (χ4v) is 5.64. The molecule has 0 aliphatic carbocycles. The number of aromatic nitrogens is 1. The summed E-state index contributed by atoms with van der Waals surface area (Å²) >= 11 is 14.9. The Morgan fingerprint density at radius 2 is 1.77 bits per heavy atom. The molecule has 31 heavy (non-hydrogen) atoms. The van der Waals surface area contributed by atoms with Crippen molar-refractivity contribution >= 4 is 40.4 Å². The first-order chi connectivity index (χ1) is 14.9. The van der Waals surface area contributed by atoms with Gasteiger partial charge in [0.05, 0.1) is 10.0 Å². The Morgan fingerprint density at radius 1 is 1.06 bits per heavy atom. The van der Waals surface area contributed by atoms with Crippen LogP contribution < -0.4 is 0 Å². The van der Waals surface area contributed by atoms with Crippen LogP contribution in [0.3, 0.4) is 0 Å². The van der Waals surface area contributed by atoms with E-state index in [9.17, 15) is 4.79 Å². The van der Waals surface area contributed by atoms with E-state index in [-0.39, 0.29) is 5.91 Å². The molecule has 0 bridgehead atoms. The average Bonchev–Trinajstić information content (AvgIpc) is 3.23. The van der Waals surface area contributed by atoms with Crippen LogP contribution in [0.2, 0.25) is 10.0 Å². The number of likely N-dealkylation sites (tertiary alicyclic amines) is 1. The van der Waals surface area contributed by atoms with Crippen molar-refractivity contribution in [2.24, 2.45) is 5.92 Å². The van der Waals surface area contributed by atoms with Gasteiger partial charge in [-0.25, -0.2) is 0 Å². The SMILES string of the molecule is CC(C)Cc1cc(-c2cc(-c3c(Cl)cc(C(=O)N4CCCCC4)cc3Cl)cs2)ccn1. The monoisotopic (exact) mass is 472 g/mol. The van der Waals surface area contributed by atoms with E-state index in [1.54, 1.807) is 23.5 Å². The lowest BCUT2D eigenvalue weighted by atomic mass is 10.0. The van der Waals surface area contributed by atoms with Crippen LogP contribution in [0, 0.1) is 5.92 Å². The highest BCUT2D eigenvalue weighted by molar-refractivity contribution is 7.14. The summed E-state index contributed by atoms with van der Waals surface area (Å²) < 4.78 is 0. The number of halogens is 2. The molecule has 3 heterocycles. The fourth-order valence-electron chi connectivity index (χ4n) is 4.03. The van der Waals surface area contributed by atoms with E-state index in [4.69, 9.17) is 23.2 Å². The molecule has 0 N–H and O–H groups in total. The van der Waals surface area contributed by atoms with E-state index in [0.29, 0.717) is 21.5 Å². The third-order valence-electron chi connectivity index (χ3n) is 5.54. The van der Waals surface area contributed by atoms with Gasteiger partial charge in [-0.3, -0.25) is 9.78 Å². The molecule has 1 amide bonds. The molecule has 162 valence electrons. The summed E-state index contributed by atoms with van der Waals surface area (Å²) in [4.78, 5) is 20.4. The number of amides is 1. The predicted octanol–water partition coefficient (Wildman–Crippen LogP) is 7.61. The van der Waals surface area contributed by atoms with E-state index in [2.05, 4.69) is 36.3 Å². The third-order valence-corrected chi connectivity index (χ3v) is 7.11. The van der Waals surface area contributed by atoms with Gasteiger partial charge in [-0.2, -0.15) is 0 Å². The topological polar surface area (TPSA) is 33.2 Å². The highest BCUT2D eigenvalue weighted by Gasteiger charge is 2.21. The molecule has 1 saturated heterocycles. The third kappa shape index (κ3) is 5.14. The highest BCUT2D eigenvalue weighted by Crippen LogP contribution is 2.40. The Kier molecular flexibility index (Phi) is 7.00. The second kappa shape index (κ2) is 9.72. The molecule has 1 aliphatic heterocycles. The molecule has 0 saturated carbocycles. The van der Waals surface area contributed by atoms with Crippen molar-refractivity contribution in [1.82, 2.24) is 9.88 Å². The van der Waals surface area contributed by atoms with Gasteiger partial charge in [0.25, 0.3) is 5.91 Å². The molecule has 3 aromatic rings. The van der Waals surface area contributed by atoms with Gasteiger partial charge in [0, 0.05) is 41.0 Å². The summed E-state index contributed by atoms with van der Waals surface area (Å²) in [5, 5.41) is 3.08. The molecule has 1 aromatic carbocycles. The van der Waals surface area contributed by atoms with Crippen molar-refractivity contribution < 1.29 is 4.79 Å². The molecule has 3 nitrogen and oxygen atoms in total. The molecule has 2 aromatic heterocycles. The summed E-state index contributed by atoms with van der Waals surface area (Å²) in [5.74, 6) is 0.570. The molecule has 0 spiro atoms. The van der Waals surface area contributed by atoms with E-state index in [1.165, 1.54) is 6.42 Å². The number of carbonyl (C=O) groups is 1.